The van der Waals surface area contributed by atoms with Crippen LogP contribution in [0.4, 0.5) is 16.3 Å². The Bertz CT molecular complexity index is 1400. The molecule has 232 valence electrons. The number of benzene rings is 1. The smallest absolute Gasteiger partial charge is 0.443 e. The lowest BCUT2D eigenvalue weighted by Crippen LogP contribution is -2.41. The summed E-state index contributed by atoms with van der Waals surface area (Å²) >= 11 is 0. The second-order valence-electron chi connectivity index (χ2n) is 14.3. The number of rotatable bonds is 6. The molecule has 2 atom stereocenters. The molecular weight excluding hydrogens is 547 g/mol. The summed E-state index contributed by atoms with van der Waals surface area (Å²) in [7, 11) is 3.30. The summed E-state index contributed by atoms with van der Waals surface area (Å²) in [4.78, 5) is 35.2. The summed E-state index contributed by atoms with van der Waals surface area (Å²) in [5.74, 6) is 0.405. The van der Waals surface area contributed by atoms with Crippen LogP contribution in [0, 0.1) is 0 Å². The van der Waals surface area contributed by atoms with Crippen LogP contribution in [0.2, 0.25) is 0 Å². The number of aliphatic hydroxyl groups excluding tert-OH is 1. The Morgan fingerprint density at radius 1 is 1.14 bits per heavy atom. The molecule has 1 aromatic carbocycles. The van der Waals surface area contributed by atoms with Gasteiger partial charge >= 0.3 is 13.2 Å². The molecule has 43 heavy (non-hydrogen) atoms. The summed E-state index contributed by atoms with van der Waals surface area (Å²) < 4.78 is 18.3. The summed E-state index contributed by atoms with van der Waals surface area (Å²) in [5.41, 5.74) is 2.45. The monoisotopic (exact) mass is 592 g/mol. The van der Waals surface area contributed by atoms with Gasteiger partial charge in [0.2, 0.25) is 0 Å². The normalized spacial score (nSPS) is 22.8. The van der Waals surface area contributed by atoms with Crippen molar-refractivity contribution in [1.29, 1.82) is 0 Å². The van der Waals surface area contributed by atoms with Crippen molar-refractivity contribution in [3.05, 3.63) is 46.6 Å². The minimum absolute atomic E-state index is 0.0419. The Hall–Kier alpha value is -2.99. The number of carbonyl (C=O) groups excluding carboxylic acids is 2. The van der Waals surface area contributed by atoms with Gasteiger partial charge < -0.3 is 29.4 Å². The maximum atomic E-state index is 13.9. The van der Waals surface area contributed by atoms with E-state index in [-0.39, 0.29) is 18.6 Å². The minimum Gasteiger partial charge on any atom is -0.443 e. The molecule has 2 fully saturated rings. The number of pyridine rings is 1. The number of carbonyl (C=O) groups is 2. The maximum absolute atomic E-state index is 13.9. The van der Waals surface area contributed by atoms with E-state index >= 15 is 0 Å². The van der Waals surface area contributed by atoms with Crippen molar-refractivity contribution < 1.29 is 28.7 Å². The van der Waals surface area contributed by atoms with Crippen LogP contribution in [0.5, 0.6) is 0 Å². The highest BCUT2D eigenvalue weighted by Crippen LogP contribution is 2.40. The van der Waals surface area contributed by atoms with Crippen LogP contribution < -0.4 is 10.8 Å². The molecule has 1 aliphatic carbocycles. The number of aromatic nitrogens is 1. The Kier molecular flexibility index (Phi) is 8.17. The first-order valence-electron chi connectivity index (χ1n) is 15.1. The van der Waals surface area contributed by atoms with E-state index in [1.165, 1.54) is 0 Å². The first kappa shape index (κ1) is 31.4. The molecule has 0 radical (unpaired) electrons. The fourth-order valence-corrected chi connectivity index (χ4v) is 5.96. The zero-order chi connectivity index (χ0) is 31.5. The fraction of sp³-hybridized carbons (Fsp3) is 0.594. The van der Waals surface area contributed by atoms with E-state index in [1.54, 1.807) is 20.8 Å². The predicted molar refractivity (Wildman–Crippen MR) is 166 cm³/mol. The van der Waals surface area contributed by atoms with E-state index in [0.29, 0.717) is 34.6 Å². The van der Waals surface area contributed by atoms with Crippen molar-refractivity contribution in [3.8, 4) is 0 Å². The number of amides is 2. The summed E-state index contributed by atoms with van der Waals surface area (Å²) in [6.45, 7) is 13.9. The molecule has 2 aromatic rings. The SMILES string of the molecule is CN(C)Cc1nc(Nc2ccc(B3OC(C)(C)C(C)(C)O3)c3c2C(=O)N(C(=O)OC(C)(C)C)C3)ccc1C1CCC(O)C1. The van der Waals surface area contributed by atoms with Gasteiger partial charge in [-0.3, -0.25) is 4.79 Å². The largest absolute Gasteiger partial charge is 0.495 e. The molecule has 1 saturated carbocycles. The average molecular weight is 593 g/mol. The second-order valence-corrected chi connectivity index (χ2v) is 14.3. The van der Waals surface area contributed by atoms with Crippen LogP contribution in [0.15, 0.2) is 24.3 Å². The number of hydrogen-bond donors (Lipinski definition) is 2. The molecule has 2 N–H and O–H groups in total. The van der Waals surface area contributed by atoms with Gasteiger partial charge in [0.15, 0.2) is 0 Å². The molecule has 3 heterocycles. The highest BCUT2D eigenvalue weighted by molar-refractivity contribution is 6.63. The third kappa shape index (κ3) is 6.31. The molecule has 3 aliphatic rings. The zero-order valence-corrected chi connectivity index (χ0v) is 26.9. The van der Waals surface area contributed by atoms with Crippen molar-refractivity contribution in [1.82, 2.24) is 14.8 Å². The third-order valence-electron chi connectivity index (χ3n) is 8.83. The maximum Gasteiger partial charge on any atom is 0.495 e. The number of fused-ring (bicyclic) bond motifs is 1. The van der Waals surface area contributed by atoms with E-state index in [2.05, 4.69) is 16.3 Å². The topological polar surface area (TPSA) is 113 Å². The van der Waals surface area contributed by atoms with Crippen LogP contribution in [0.25, 0.3) is 0 Å². The first-order chi connectivity index (χ1) is 20.0. The van der Waals surface area contributed by atoms with Crippen molar-refractivity contribution >= 4 is 36.1 Å². The standard InChI is InChI=1S/C32H45BN4O6/c1-30(2,3)41-29(40)37-17-22-23(33-42-31(4,5)32(6,7)43-33)13-14-24(27(22)28(37)39)34-26-15-12-21(19-10-11-20(38)16-19)25(35-26)18-36(8)9/h12-15,19-20,38H,10-11,16-18H2,1-9H3,(H,34,35). The van der Waals surface area contributed by atoms with Gasteiger partial charge in [-0.2, -0.15) is 0 Å². The Morgan fingerprint density at radius 3 is 2.40 bits per heavy atom. The molecule has 1 aromatic heterocycles. The van der Waals surface area contributed by atoms with Gasteiger partial charge in [0, 0.05) is 6.54 Å². The van der Waals surface area contributed by atoms with Crippen LogP contribution in [0.3, 0.4) is 0 Å². The summed E-state index contributed by atoms with van der Waals surface area (Å²) in [6, 6.07) is 7.71. The van der Waals surface area contributed by atoms with E-state index < -0.39 is 35.9 Å². The van der Waals surface area contributed by atoms with Gasteiger partial charge in [0.1, 0.15) is 11.4 Å². The molecule has 5 rings (SSSR count). The number of imide groups is 1. The van der Waals surface area contributed by atoms with Gasteiger partial charge in [-0.05, 0) is 116 Å². The van der Waals surface area contributed by atoms with E-state index in [4.69, 9.17) is 19.0 Å². The van der Waals surface area contributed by atoms with Crippen LogP contribution in [0.1, 0.15) is 101 Å². The molecule has 2 aliphatic heterocycles. The molecular formula is C32H45BN4O6. The van der Waals surface area contributed by atoms with Crippen LogP contribution >= 0.6 is 0 Å². The number of aliphatic hydroxyl groups is 1. The average Bonchev–Trinajstić information content (AvgIpc) is 3.51. The highest BCUT2D eigenvalue weighted by atomic mass is 16.7. The lowest BCUT2D eigenvalue weighted by atomic mass is 9.74. The van der Waals surface area contributed by atoms with Gasteiger partial charge in [-0.25, -0.2) is 14.7 Å². The molecule has 2 unspecified atom stereocenters. The third-order valence-corrected chi connectivity index (χ3v) is 8.83. The van der Waals surface area contributed by atoms with Gasteiger partial charge in [0.05, 0.1) is 40.8 Å². The minimum atomic E-state index is -0.758. The number of nitrogens with zero attached hydrogens (tertiary/aromatic N) is 3. The van der Waals surface area contributed by atoms with E-state index in [0.717, 1.165) is 35.4 Å². The second kappa shape index (κ2) is 11.2. The molecule has 1 saturated heterocycles. The van der Waals surface area contributed by atoms with E-state index in [1.807, 2.05) is 60.0 Å². The molecule has 2 amide bonds. The molecule has 0 spiro atoms. The van der Waals surface area contributed by atoms with Crippen molar-refractivity contribution in [2.45, 2.75) is 110 Å². The summed E-state index contributed by atoms with van der Waals surface area (Å²) in [5, 5.41) is 13.5. The summed E-state index contributed by atoms with van der Waals surface area (Å²) in [6.07, 6.45) is 1.48. The Morgan fingerprint density at radius 2 is 1.81 bits per heavy atom. The number of anilines is 2. The van der Waals surface area contributed by atoms with Gasteiger partial charge in [-0.1, -0.05) is 12.1 Å². The fourth-order valence-electron chi connectivity index (χ4n) is 5.96. The first-order valence-corrected chi connectivity index (χ1v) is 15.1. The highest BCUT2D eigenvalue weighted by Gasteiger charge is 2.53. The van der Waals surface area contributed by atoms with Crippen molar-refractivity contribution in [2.24, 2.45) is 0 Å². The van der Waals surface area contributed by atoms with Crippen LogP contribution in [-0.4, -0.2) is 76.0 Å². The Labute approximate surface area is 255 Å². The number of nitrogens with one attached hydrogen (secondary N) is 1. The number of hydrogen-bond acceptors (Lipinski definition) is 9. The molecule has 10 nitrogen and oxygen atoms in total. The quantitative estimate of drug-likeness (QED) is 0.461. The van der Waals surface area contributed by atoms with Crippen LogP contribution in [-0.2, 0) is 27.1 Å². The zero-order valence-electron chi connectivity index (χ0n) is 26.9. The van der Waals surface area contributed by atoms with Gasteiger partial charge in [-0.15, -0.1) is 0 Å². The lowest BCUT2D eigenvalue weighted by molar-refractivity contribution is 0.00578. The number of ether oxygens (including phenoxy) is 1. The van der Waals surface area contributed by atoms with E-state index in [9.17, 15) is 14.7 Å². The Balaban J connectivity index is 1.52. The molecule has 11 heteroatoms. The lowest BCUT2D eigenvalue weighted by Gasteiger charge is -2.32. The van der Waals surface area contributed by atoms with Crippen molar-refractivity contribution in [3.63, 3.8) is 0 Å². The van der Waals surface area contributed by atoms with Crippen molar-refractivity contribution in [2.75, 3.05) is 19.4 Å². The molecule has 0 bridgehead atoms. The predicted octanol–water partition coefficient (Wildman–Crippen LogP) is 4.71. The van der Waals surface area contributed by atoms with Gasteiger partial charge in [0.25, 0.3) is 5.91 Å².